The van der Waals surface area contributed by atoms with Crippen molar-refractivity contribution < 1.29 is 19.7 Å². The first kappa shape index (κ1) is 23.4. The Morgan fingerprint density at radius 1 is 1.35 bits per heavy atom. The van der Waals surface area contributed by atoms with Gasteiger partial charge in [-0.25, -0.2) is 9.78 Å². The van der Waals surface area contributed by atoms with E-state index < -0.39 is 0 Å². The molecule has 1 amide bonds. The van der Waals surface area contributed by atoms with E-state index in [-0.39, 0.29) is 31.2 Å². The summed E-state index contributed by atoms with van der Waals surface area (Å²) in [5.74, 6) is -0.0296. The summed E-state index contributed by atoms with van der Waals surface area (Å²) in [6.07, 6.45) is 4.21. The zero-order chi connectivity index (χ0) is 19.2. The topological polar surface area (TPSA) is 79.8 Å². The monoisotopic (exact) mass is 402 g/mol. The molecule has 0 aliphatic carbocycles. The molecule has 26 heavy (non-hydrogen) atoms. The highest BCUT2D eigenvalue weighted by Gasteiger charge is 2.21. The van der Waals surface area contributed by atoms with E-state index in [1.165, 1.54) is 7.11 Å². The van der Waals surface area contributed by atoms with Crippen molar-refractivity contribution >= 4 is 23.7 Å². The molecule has 0 aromatic heterocycles. The van der Waals surface area contributed by atoms with E-state index in [4.69, 9.17) is 9.78 Å². The number of hydrogen-bond donors (Lipinski definition) is 3. The van der Waals surface area contributed by atoms with Crippen LogP contribution in [0.2, 0.25) is 0 Å². The first-order chi connectivity index (χ1) is 12.7. The van der Waals surface area contributed by atoms with E-state index in [1.54, 1.807) is 0 Å². The summed E-state index contributed by atoms with van der Waals surface area (Å²) in [6, 6.07) is 7.20. The van der Waals surface area contributed by atoms with Gasteiger partial charge in [-0.15, -0.1) is 17.8 Å². The van der Waals surface area contributed by atoms with Gasteiger partial charge < -0.3 is 15.7 Å². The molecule has 2 unspecified atom stereocenters. The number of aliphatic hydroxyl groups is 1. The highest BCUT2D eigenvalue weighted by molar-refractivity contribution is 7.36. The third-order valence-corrected chi connectivity index (χ3v) is 5.18. The number of carbonyl (C=O) groups is 1. The van der Waals surface area contributed by atoms with Crippen LogP contribution in [0.1, 0.15) is 24.0 Å². The maximum Gasteiger partial charge on any atom is 0.237 e. The van der Waals surface area contributed by atoms with E-state index >= 15 is 0 Å². The molecule has 0 saturated heterocycles. The van der Waals surface area contributed by atoms with E-state index in [0.29, 0.717) is 12.7 Å². The second-order valence-corrected chi connectivity index (χ2v) is 7.61. The quantitative estimate of drug-likeness (QED) is 0.191. The number of nitrogens with one attached hydrogen (secondary N) is 2. The fourth-order valence-electron chi connectivity index (χ4n) is 2.73. The van der Waals surface area contributed by atoms with Gasteiger partial charge in [-0.1, -0.05) is 24.3 Å². The molecule has 0 aliphatic heterocycles. The Labute approximate surface area is 160 Å². The molecule has 6 nitrogen and oxygen atoms in total. The number of carbonyl (C=O) groups excluding carboxylic acids is 1. The summed E-state index contributed by atoms with van der Waals surface area (Å²) in [7, 11) is 4.95. The van der Waals surface area contributed by atoms with Crippen LogP contribution < -0.4 is 10.6 Å². The predicted octanol–water partition coefficient (Wildman–Crippen LogP) is 1.66. The second kappa shape index (κ2) is 14.4. The van der Waals surface area contributed by atoms with Gasteiger partial charge in [0.15, 0.2) is 0 Å². The van der Waals surface area contributed by atoms with Gasteiger partial charge >= 0.3 is 0 Å². The molecule has 0 spiro atoms. The smallest absolute Gasteiger partial charge is 0.237 e. The molecular weight excluding hydrogens is 370 g/mol. The maximum atomic E-state index is 12.7. The van der Waals surface area contributed by atoms with Crippen molar-refractivity contribution in [1.82, 2.24) is 10.6 Å². The van der Waals surface area contributed by atoms with Crippen LogP contribution in [0.4, 0.5) is 0 Å². The second-order valence-electron chi connectivity index (χ2n) is 5.99. The van der Waals surface area contributed by atoms with Crippen LogP contribution in [0, 0.1) is 0 Å². The molecule has 148 valence electrons. The summed E-state index contributed by atoms with van der Waals surface area (Å²) in [6.45, 7) is 2.39. The van der Waals surface area contributed by atoms with Crippen molar-refractivity contribution in [1.29, 1.82) is 0 Å². The fourth-order valence-corrected chi connectivity index (χ4v) is 3.57. The standard InChI is InChI=1S/C18H32N2O4P2/c1-23-24-12-16(10-14-6-3-4-7-15(14)11-21)20-18(22)17(19-13-25)8-5-9-26-2/h3-4,6-7,16-17,19,21,26H,5,8-13,25H2,1-2H3,(H,20,22)/t16-,17-/m0/s1. The summed E-state index contributed by atoms with van der Waals surface area (Å²) >= 11 is 0. The fraction of sp³-hybridized carbons (Fsp3) is 0.611. The highest BCUT2D eigenvalue weighted by Crippen LogP contribution is 2.13. The Balaban J connectivity index is 2.75. The Morgan fingerprint density at radius 3 is 2.69 bits per heavy atom. The molecule has 8 heteroatoms. The van der Waals surface area contributed by atoms with Gasteiger partial charge in [0.2, 0.25) is 5.91 Å². The van der Waals surface area contributed by atoms with Crippen LogP contribution in [0.5, 0.6) is 0 Å². The summed E-state index contributed by atoms with van der Waals surface area (Å²) in [5, 5.41) is 15.8. The average Bonchev–Trinajstić information content (AvgIpc) is 2.65. The van der Waals surface area contributed by atoms with Crippen LogP contribution in [0.25, 0.3) is 0 Å². The van der Waals surface area contributed by atoms with E-state index in [0.717, 1.165) is 38.7 Å². The molecule has 0 bridgehead atoms. The van der Waals surface area contributed by atoms with Gasteiger partial charge in [0, 0.05) is 6.29 Å². The summed E-state index contributed by atoms with van der Waals surface area (Å²) in [4.78, 5) is 22.5. The Kier molecular flexibility index (Phi) is 13.0. The molecular formula is C18H32N2O4P2. The molecule has 0 saturated carbocycles. The number of rotatable bonds is 14. The van der Waals surface area contributed by atoms with Crippen molar-refractivity contribution in [2.75, 3.05) is 32.8 Å². The number of hydrogen-bond acceptors (Lipinski definition) is 5. The first-order valence-electron chi connectivity index (χ1n) is 8.87. The largest absolute Gasteiger partial charge is 0.392 e. The van der Waals surface area contributed by atoms with Gasteiger partial charge in [0.1, 0.15) is 6.61 Å². The van der Waals surface area contributed by atoms with Gasteiger partial charge in [0.05, 0.1) is 25.8 Å². The zero-order valence-corrected chi connectivity index (χ0v) is 17.8. The molecule has 0 radical (unpaired) electrons. The van der Waals surface area contributed by atoms with Crippen LogP contribution in [0.15, 0.2) is 24.3 Å². The highest BCUT2D eigenvalue weighted by atomic mass is 31.1. The summed E-state index contributed by atoms with van der Waals surface area (Å²) < 4.78 is 0. The Morgan fingerprint density at radius 2 is 2.08 bits per heavy atom. The van der Waals surface area contributed by atoms with Crippen molar-refractivity contribution in [2.24, 2.45) is 0 Å². The van der Waals surface area contributed by atoms with Crippen molar-refractivity contribution in [2.45, 2.75) is 38.0 Å². The Bertz CT molecular complexity index is 520. The third-order valence-electron chi connectivity index (χ3n) is 4.09. The first-order valence-corrected chi connectivity index (χ1v) is 11.4. The van der Waals surface area contributed by atoms with Gasteiger partial charge in [0.25, 0.3) is 0 Å². The molecule has 0 heterocycles. The van der Waals surface area contributed by atoms with Crippen molar-refractivity contribution in [3.8, 4) is 0 Å². The number of amides is 1. The minimum atomic E-state index is -0.239. The average molecular weight is 402 g/mol. The number of benzene rings is 1. The molecule has 4 atom stereocenters. The SMILES string of the molecule is COOC[C@H](Cc1ccccc1CO)NC(=O)[C@H](CCCPC)NCP. The lowest BCUT2D eigenvalue weighted by atomic mass is 10.0. The molecule has 1 rings (SSSR count). The van der Waals surface area contributed by atoms with Crippen LogP contribution in [-0.2, 0) is 27.6 Å². The summed E-state index contributed by atoms with van der Waals surface area (Å²) in [5.41, 5.74) is 1.84. The number of aliphatic hydroxyl groups excluding tert-OH is 1. The van der Waals surface area contributed by atoms with Crippen LogP contribution in [-0.4, -0.2) is 55.9 Å². The third kappa shape index (κ3) is 8.85. The van der Waals surface area contributed by atoms with Gasteiger partial charge in [-0.3, -0.25) is 4.79 Å². The predicted molar refractivity (Wildman–Crippen MR) is 111 cm³/mol. The molecule has 3 N–H and O–H groups in total. The molecule has 1 aromatic carbocycles. The molecule has 0 fully saturated rings. The van der Waals surface area contributed by atoms with Crippen LogP contribution in [0.3, 0.4) is 0 Å². The van der Waals surface area contributed by atoms with E-state index in [9.17, 15) is 9.90 Å². The molecule has 0 aliphatic rings. The van der Waals surface area contributed by atoms with E-state index in [2.05, 4.69) is 26.5 Å². The van der Waals surface area contributed by atoms with Gasteiger partial charge in [-0.05, 0) is 43.2 Å². The Hall–Kier alpha value is -0.610. The van der Waals surface area contributed by atoms with E-state index in [1.807, 2.05) is 24.3 Å². The van der Waals surface area contributed by atoms with Crippen molar-refractivity contribution in [3.05, 3.63) is 35.4 Å². The maximum absolute atomic E-state index is 12.7. The lowest BCUT2D eigenvalue weighted by Gasteiger charge is -2.23. The van der Waals surface area contributed by atoms with Crippen molar-refractivity contribution in [3.63, 3.8) is 0 Å². The normalized spacial score (nSPS) is 13.8. The lowest BCUT2D eigenvalue weighted by Crippen LogP contribution is -2.49. The minimum Gasteiger partial charge on any atom is -0.392 e. The lowest BCUT2D eigenvalue weighted by molar-refractivity contribution is -0.275. The minimum absolute atomic E-state index is 0.0296. The van der Waals surface area contributed by atoms with Crippen LogP contribution >= 0.6 is 17.8 Å². The van der Waals surface area contributed by atoms with Gasteiger partial charge in [-0.2, -0.15) is 0 Å². The zero-order valence-electron chi connectivity index (χ0n) is 15.7. The molecule has 1 aromatic rings.